The van der Waals surface area contributed by atoms with Crippen LogP contribution in [-0.4, -0.2) is 45.6 Å². The van der Waals surface area contributed by atoms with Gasteiger partial charge in [-0.1, -0.05) is 48.5 Å². The summed E-state index contributed by atoms with van der Waals surface area (Å²) < 4.78 is 69.5. The maximum absolute atomic E-state index is 12.1. The van der Waals surface area contributed by atoms with Gasteiger partial charge in [-0.05, 0) is 33.7 Å². The van der Waals surface area contributed by atoms with Crippen LogP contribution in [0.3, 0.4) is 0 Å². The predicted molar refractivity (Wildman–Crippen MR) is 199 cm³/mol. The summed E-state index contributed by atoms with van der Waals surface area (Å²) in [5.41, 5.74) is 9.40. The number of hydrogen-bond donors (Lipinski definition) is 0. The van der Waals surface area contributed by atoms with Gasteiger partial charge in [0.25, 0.3) is 22.7 Å². The fraction of sp³-hybridized carbons (Fsp3) is 0. The maximum Gasteiger partial charge on any atom is 3.00 e. The minimum absolute atomic E-state index is 0. The predicted octanol–water partition coefficient (Wildman–Crippen LogP) is -1.52. The average Bonchev–Trinajstić information content (AvgIpc) is 3.17. The minimum Gasteiger partial charge on any atom is -0.866 e. The van der Waals surface area contributed by atoms with Crippen LogP contribution in [0.1, 0.15) is 0 Å². The number of nitro groups is 4. The van der Waals surface area contributed by atoms with E-state index < -0.39 is 107 Å². The molecule has 0 aliphatic rings. The second-order valence-corrected chi connectivity index (χ2v) is 14.3. The Morgan fingerprint density at radius 3 is 1.00 bits per heavy atom. The van der Waals surface area contributed by atoms with Gasteiger partial charge in [-0.3, -0.25) is 40.5 Å². The number of nitro benzene ring substituents is 4. The number of rotatable bonds is 10. The van der Waals surface area contributed by atoms with E-state index in [9.17, 15) is 76.6 Å². The van der Waals surface area contributed by atoms with Gasteiger partial charge in [0, 0.05) is 23.6 Å². The summed E-state index contributed by atoms with van der Waals surface area (Å²) in [6.45, 7) is 0. The first-order valence-electron chi connectivity index (χ1n) is 15.6. The molecule has 0 saturated carbocycles. The molecule has 2 N–H and O–H groups in total. The Balaban J connectivity index is 0.000000602. The summed E-state index contributed by atoms with van der Waals surface area (Å²) >= 11 is 0. The topological polar surface area (TPSA) is 430 Å². The van der Waals surface area contributed by atoms with Gasteiger partial charge < -0.3 is 30.8 Å². The van der Waals surface area contributed by atoms with Crippen molar-refractivity contribution in [3.8, 4) is 11.5 Å². The summed E-state index contributed by atoms with van der Waals surface area (Å²) in [6.07, 6.45) is 0. The minimum atomic E-state index is -4.97. The van der Waals surface area contributed by atoms with Crippen molar-refractivity contribution in [2.24, 2.45) is 20.5 Å². The molecule has 0 unspecified atom stereocenters. The van der Waals surface area contributed by atoms with Crippen molar-refractivity contribution in [3.05, 3.63) is 137 Å². The Labute approximate surface area is 434 Å². The molecular weight excluding hydrogens is 972 g/mol. The molecule has 0 fully saturated rings. The van der Waals surface area contributed by atoms with Gasteiger partial charge in [0.1, 0.15) is 20.2 Å². The molecule has 6 aromatic carbocycles. The molecule has 314 valence electrons. The zero-order valence-electron chi connectivity index (χ0n) is 32.3. The zero-order chi connectivity index (χ0) is 44.4. The summed E-state index contributed by atoms with van der Waals surface area (Å²) in [5, 5.41) is 82.1. The standard InChI is InChI=1S/2C16H10N5O8S.Co.3Na/c2*17-15-10-4-2-1-3-9(10)14(30(27,28)29)7-11(15)18-19-12-5-8(20(23)24)6-13(16(12)22)21(25)26;;;;/h2*1-7H,(H3-,17,18,19,22,27,28,29);;;;/q2*-1;+3;3*+1/p-4. The number of nitrogens with zero attached hydrogens (tertiary/aromatic N) is 8. The smallest absolute Gasteiger partial charge is 0.866 e. The van der Waals surface area contributed by atoms with E-state index in [1.54, 1.807) is 0 Å². The van der Waals surface area contributed by atoms with E-state index in [0.29, 0.717) is 24.3 Å². The number of nitrogens with one attached hydrogen (secondary N) is 2. The first kappa shape index (κ1) is 57.2. The molecule has 0 heterocycles. The monoisotopic (exact) mass is 988 g/mol. The molecule has 0 bridgehead atoms. The SMILES string of the molecule is [Co+3].[NH-]c1c(N=Nc2cc([N+](=O)[O-])cc([N+](=O)[O-])c2[O-])cc(S(=O)(=O)[O-])c2ccccc12.[NH-]c1c(N=Nc2cc([N+](=O)[O-])cc([N+](=O)[O-])c2[O-])cc(S(=O)(=O)[O-])c2ccccc12.[Na+].[Na+].[Na+]. The van der Waals surface area contributed by atoms with Crippen LogP contribution in [0, 0.1) is 40.5 Å². The van der Waals surface area contributed by atoms with E-state index in [1.165, 1.54) is 48.5 Å². The second-order valence-electron chi connectivity index (χ2n) is 11.6. The molecule has 0 aliphatic heterocycles. The van der Waals surface area contributed by atoms with Crippen LogP contribution in [0.4, 0.5) is 56.9 Å². The van der Waals surface area contributed by atoms with Gasteiger partial charge in [0.05, 0.1) is 64.4 Å². The largest absolute Gasteiger partial charge is 3.00 e. The summed E-state index contributed by atoms with van der Waals surface area (Å²) in [7, 11) is -9.94. The van der Waals surface area contributed by atoms with Gasteiger partial charge in [0.15, 0.2) is 0 Å². The summed E-state index contributed by atoms with van der Waals surface area (Å²) in [6, 6.07) is 15.0. The van der Waals surface area contributed by atoms with E-state index in [2.05, 4.69) is 20.5 Å². The van der Waals surface area contributed by atoms with Gasteiger partial charge in [-0.2, -0.15) is 20.5 Å². The van der Waals surface area contributed by atoms with Crippen molar-refractivity contribution < 1.29 is 161 Å². The van der Waals surface area contributed by atoms with Crippen LogP contribution in [0.2, 0.25) is 0 Å². The van der Waals surface area contributed by atoms with Crippen LogP contribution in [0.25, 0.3) is 33.0 Å². The van der Waals surface area contributed by atoms with Crippen molar-refractivity contribution in [1.82, 2.24) is 0 Å². The molecule has 26 nitrogen and oxygen atoms in total. The molecule has 0 spiro atoms. The molecule has 6 rings (SSSR count). The molecule has 0 atom stereocenters. The van der Waals surface area contributed by atoms with Crippen molar-refractivity contribution >= 4 is 98.7 Å². The van der Waals surface area contributed by atoms with Crippen LogP contribution in [-0.2, 0) is 37.0 Å². The van der Waals surface area contributed by atoms with E-state index >= 15 is 0 Å². The summed E-state index contributed by atoms with van der Waals surface area (Å²) in [4.78, 5) is 38.2. The van der Waals surface area contributed by atoms with E-state index in [1.807, 2.05) is 0 Å². The normalized spacial score (nSPS) is 11.0. The van der Waals surface area contributed by atoms with Gasteiger partial charge >= 0.3 is 105 Å². The Hall–Kier alpha value is -4.83. The third kappa shape index (κ3) is 12.7. The third-order valence-electron chi connectivity index (χ3n) is 7.93. The van der Waals surface area contributed by atoms with Gasteiger partial charge in [-0.25, -0.2) is 16.8 Å². The molecule has 0 radical (unpaired) electrons. The fourth-order valence-electron chi connectivity index (χ4n) is 5.24. The van der Waals surface area contributed by atoms with Crippen molar-refractivity contribution in [3.63, 3.8) is 0 Å². The number of benzene rings is 6. The van der Waals surface area contributed by atoms with Crippen LogP contribution < -0.4 is 98.9 Å². The van der Waals surface area contributed by atoms with E-state index in [0.717, 1.165) is 12.1 Å². The molecular formula is C32H16CoN10Na3O16S2. The van der Waals surface area contributed by atoms with Gasteiger partial charge in [-0.15, -0.1) is 11.4 Å². The maximum atomic E-state index is 12.1. The number of azo groups is 2. The first-order chi connectivity index (χ1) is 28.0. The van der Waals surface area contributed by atoms with Crippen molar-refractivity contribution in [2.45, 2.75) is 9.79 Å². The molecule has 0 aliphatic carbocycles. The first-order valence-corrected chi connectivity index (χ1v) is 18.4. The van der Waals surface area contributed by atoms with Crippen LogP contribution >= 0.6 is 0 Å². The summed E-state index contributed by atoms with van der Waals surface area (Å²) in [5.74, 6) is -2.53. The molecule has 32 heteroatoms. The quantitative estimate of drug-likeness (QED) is 0.0494. The number of fused-ring (bicyclic) bond motifs is 2. The third-order valence-corrected chi connectivity index (χ3v) is 9.68. The Kier molecular flexibility index (Phi) is 20.4. The molecule has 6 aromatic rings. The second kappa shape index (κ2) is 22.9. The molecule has 0 aromatic heterocycles. The molecule has 0 amide bonds. The van der Waals surface area contributed by atoms with E-state index in [-0.39, 0.29) is 138 Å². The Morgan fingerprint density at radius 2 is 0.734 bits per heavy atom. The number of non-ortho nitro benzene ring substituents is 2. The van der Waals surface area contributed by atoms with Crippen molar-refractivity contribution in [2.75, 3.05) is 0 Å². The fourth-order valence-corrected chi connectivity index (χ4v) is 6.65. The van der Waals surface area contributed by atoms with Gasteiger partial charge in [0.2, 0.25) is 0 Å². The van der Waals surface area contributed by atoms with Crippen LogP contribution in [0.5, 0.6) is 11.5 Å². The van der Waals surface area contributed by atoms with E-state index in [4.69, 9.17) is 11.5 Å². The van der Waals surface area contributed by atoms with Crippen molar-refractivity contribution in [1.29, 1.82) is 0 Å². The molecule has 64 heavy (non-hydrogen) atoms. The Bertz CT molecular complexity index is 2940. The molecule has 0 saturated heterocycles. The average molecular weight is 989 g/mol. The Morgan fingerprint density at radius 1 is 0.453 bits per heavy atom. The number of hydrogen-bond acceptors (Lipinski definition) is 20. The van der Waals surface area contributed by atoms with Crippen LogP contribution in [0.15, 0.2) is 115 Å². The zero-order valence-corrected chi connectivity index (χ0v) is 41.0.